The Morgan fingerprint density at radius 3 is 2.82 bits per heavy atom. The van der Waals surface area contributed by atoms with Crippen molar-refractivity contribution in [1.82, 2.24) is 4.90 Å². The van der Waals surface area contributed by atoms with Gasteiger partial charge >= 0.3 is 0 Å². The number of hydrogen-bond acceptors (Lipinski definition) is 3. The highest BCUT2D eigenvalue weighted by Gasteiger charge is 2.31. The maximum atomic E-state index is 9.62. The van der Waals surface area contributed by atoms with Crippen LogP contribution in [0, 0.1) is 5.92 Å². The molecule has 0 saturated carbocycles. The zero-order valence-corrected chi connectivity index (χ0v) is 10.3. The predicted octanol–water partition coefficient (Wildman–Crippen LogP) is 2.24. The standard InChI is InChI=1S/C14H20N2O/c1-16-6-4-10(5-7-16)13-9-15-14-3-2-11(17)8-12(13)14/h2-3,8,10,13,15,17H,4-7,9H2,1H3. The first kappa shape index (κ1) is 10.9. The Labute approximate surface area is 102 Å². The molecule has 2 N–H and O–H groups in total. The van der Waals surface area contributed by atoms with Gasteiger partial charge < -0.3 is 15.3 Å². The number of fused-ring (bicyclic) bond motifs is 1. The van der Waals surface area contributed by atoms with E-state index < -0.39 is 0 Å². The molecule has 3 rings (SSSR count). The Hall–Kier alpha value is -1.22. The van der Waals surface area contributed by atoms with E-state index in [4.69, 9.17) is 0 Å². The number of hydrogen-bond donors (Lipinski definition) is 2. The number of phenolic OH excluding ortho intramolecular Hbond substituents is 1. The maximum Gasteiger partial charge on any atom is 0.116 e. The van der Waals surface area contributed by atoms with Crippen LogP contribution in [0.25, 0.3) is 0 Å². The molecule has 1 aromatic rings. The molecule has 1 atom stereocenters. The smallest absolute Gasteiger partial charge is 0.116 e. The largest absolute Gasteiger partial charge is 0.508 e. The highest BCUT2D eigenvalue weighted by molar-refractivity contribution is 5.60. The third-order valence-electron chi connectivity index (χ3n) is 4.28. The fourth-order valence-electron chi connectivity index (χ4n) is 3.20. The van der Waals surface area contributed by atoms with Gasteiger partial charge in [-0.3, -0.25) is 0 Å². The fourth-order valence-corrected chi connectivity index (χ4v) is 3.20. The molecule has 2 aliphatic rings. The summed E-state index contributed by atoms with van der Waals surface area (Å²) in [6, 6.07) is 5.71. The minimum Gasteiger partial charge on any atom is -0.508 e. The molecule has 2 aliphatic heterocycles. The highest BCUT2D eigenvalue weighted by atomic mass is 16.3. The number of phenols is 1. The molecular formula is C14H20N2O. The number of nitrogens with one attached hydrogen (secondary N) is 1. The van der Waals surface area contributed by atoms with Gasteiger partial charge in [-0.15, -0.1) is 0 Å². The number of piperidine rings is 1. The summed E-state index contributed by atoms with van der Waals surface area (Å²) in [5, 5.41) is 13.1. The van der Waals surface area contributed by atoms with Crippen LogP contribution in [0.3, 0.4) is 0 Å². The lowest BCUT2D eigenvalue weighted by atomic mass is 9.81. The summed E-state index contributed by atoms with van der Waals surface area (Å²) in [5.74, 6) is 1.75. The monoisotopic (exact) mass is 232 g/mol. The Kier molecular flexibility index (Phi) is 2.71. The van der Waals surface area contributed by atoms with Gasteiger partial charge in [-0.2, -0.15) is 0 Å². The van der Waals surface area contributed by atoms with Crippen molar-refractivity contribution in [2.45, 2.75) is 18.8 Å². The van der Waals surface area contributed by atoms with E-state index in [0.29, 0.717) is 11.7 Å². The summed E-state index contributed by atoms with van der Waals surface area (Å²) in [6.45, 7) is 3.44. The van der Waals surface area contributed by atoms with Gasteiger partial charge in [0.1, 0.15) is 5.75 Å². The maximum absolute atomic E-state index is 9.62. The van der Waals surface area contributed by atoms with Crippen LogP contribution in [0.15, 0.2) is 18.2 Å². The van der Waals surface area contributed by atoms with Crippen LogP contribution in [-0.2, 0) is 0 Å². The molecule has 1 saturated heterocycles. The topological polar surface area (TPSA) is 35.5 Å². The van der Waals surface area contributed by atoms with Crippen molar-refractivity contribution in [3.8, 4) is 5.75 Å². The lowest BCUT2D eigenvalue weighted by Gasteiger charge is -2.32. The van der Waals surface area contributed by atoms with E-state index >= 15 is 0 Å². The van der Waals surface area contributed by atoms with Gasteiger partial charge in [0.25, 0.3) is 0 Å². The van der Waals surface area contributed by atoms with Crippen molar-refractivity contribution < 1.29 is 5.11 Å². The molecule has 0 radical (unpaired) electrons. The van der Waals surface area contributed by atoms with E-state index in [0.717, 1.165) is 12.5 Å². The first-order chi connectivity index (χ1) is 8.24. The van der Waals surface area contributed by atoms with Crippen molar-refractivity contribution in [2.24, 2.45) is 5.92 Å². The molecule has 0 bridgehead atoms. The van der Waals surface area contributed by atoms with Crippen LogP contribution in [0.5, 0.6) is 5.75 Å². The van der Waals surface area contributed by atoms with Gasteiger partial charge in [0.05, 0.1) is 0 Å². The summed E-state index contributed by atoms with van der Waals surface area (Å²) >= 11 is 0. The molecule has 0 aromatic heterocycles. The Balaban J connectivity index is 1.81. The lowest BCUT2D eigenvalue weighted by Crippen LogP contribution is -2.33. The molecule has 0 spiro atoms. The van der Waals surface area contributed by atoms with Gasteiger partial charge in [0.15, 0.2) is 0 Å². The highest BCUT2D eigenvalue weighted by Crippen LogP contribution is 2.41. The summed E-state index contributed by atoms with van der Waals surface area (Å²) in [4.78, 5) is 2.41. The zero-order valence-electron chi connectivity index (χ0n) is 10.3. The van der Waals surface area contributed by atoms with E-state index in [2.05, 4.69) is 17.3 Å². The van der Waals surface area contributed by atoms with Gasteiger partial charge in [0, 0.05) is 18.2 Å². The molecule has 0 aliphatic carbocycles. The normalized spacial score (nSPS) is 25.6. The van der Waals surface area contributed by atoms with E-state index in [1.165, 1.54) is 37.2 Å². The molecule has 17 heavy (non-hydrogen) atoms. The summed E-state index contributed by atoms with van der Waals surface area (Å²) in [5.41, 5.74) is 2.53. The predicted molar refractivity (Wildman–Crippen MR) is 69.6 cm³/mol. The van der Waals surface area contributed by atoms with E-state index in [1.54, 1.807) is 6.07 Å². The number of likely N-dealkylation sites (tertiary alicyclic amines) is 1. The molecule has 3 heteroatoms. The van der Waals surface area contributed by atoms with Crippen molar-refractivity contribution >= 4 is 5.69 Å². The zero-order chi connectivity index (χ0) is 11.8. The average molecular weight is 232 g/mol. The number of rotatable bonds is 1. The molecule has 1 fully saturated rings. The molecular weight excluding hydrogens is 212 g/mol. The molecule has 0 amide bonds. The van der Waals surface area contributed by atoms with E-state index in [1.807, 2.05) is 12.1 Å². The fraction of sp³-hybridized carbons (Fsp3) is 0.571. The quantitative estimate of drug-likeness (QED) is 0.729. The van der Waals surface area contributed by atoms with Crippen molar-refractivity contribution in [2.75, 3.05) is 32.0 Å². The second kappa shape index (κ2) is 4.22. The molecule has 3 nitrogen and oxygen atoms in total. The first-order valence-electron chi connectivity index (χ1n) is 6.49. The van der Waals surface area contributed by atoms with Crippen LogP contribution >= 0.6 is 0 Å². The van der Waals surface area contributed by atoms with Gasteiger partial charge in [-0.1, -0.05) is 0 Å². The Morgan fingerprint density at radius 1 is 1.29 bits per heavy atom. The van der Waals surface area contributed by atoms with Gasteiger partial charge in [-0.05, 0) is 62.7 Å². The number of anilines is 1. The van der Waals surface area contributed by atoms with Gasteiger partial charge in [-0.25, -0.2) is 0 Å². The third kappa shape index (κ3) is 2.00. The minimum atomic E-state index is 0.394. The van der Waals surface area contributed by atoms with Crippen molar-refractivity contribution in [3.63, 3.8) is 0 Å². The SMILES string of the molecule is CN1CCC(C2CNc3ccc(O)cc32)CC1. The summed E-state index contributed by atoms with van der Waals surface area (Å²) in [6.07, 6.45) is 2.55. The van der Waals surface area contributed by atoms with Crippen molar-refractivity contribution in [1.29, 1.82) is 0 Å². The third-order valence-corrected chi connectivity index (χ3v) is 4.28. The lowest BCUT2D eigenvalue weighted by molar-refractivity contribution is 0.202. The molecule has 1 unspecified atom stereocenters. The second-order valence-corrected chi connectivity index (χ2v) is 5.40. The Bertz CT molecular complexity index is 411. The average Bonchev–Trinajstić information content (AvgIpc) is 2.73. The number of aromatic hydroxyl groups is 1. The van der Waals surface area contributed by atoms with Crippen LogP contribution in [0.4, 0.5) is 5.69 Å². The van der Waals surface area contributed by atoms with E-state index in [9.17, 15) is 5.11 Å². The van der Waals surface area contributed by atoms with E-state index in [-0.39, 0.29) is 0 Å². The Morgan fingerprint density at radius 2 is 2.06 bits per heavy atom. The number of benzene rings is 1. The van der Waals surface area contributed by atoms with Crippen LogP contribution < -0.4 is 5.32 Å². The van der Waals surface area contributed by atoms with Crippen LogP contribution in [-0.4, -0.2) is 36.7 Å². The van der Waals surface area contributed by atoms with Crippen LogP contribution in [0.2, 0.25) is 0 Å². The molecule has 92 valence electrons. The van der Waals surface area contributed by atoms with Crippen LogP contribution in [0.1, 0.15) is 24.3 Å². The second-order valence-electron chi connectivity index (χ2n) is 5.40. The molecule has 1 aromatic carbocycles. The minimum absolute atomic E-state index is 0.394. The number of nitrogens with zero attached hydrogens (tertiary/aromatic N) is 1. The van der Waals surface area contributed by atoms with Crippen molar-refractivity contribution in [3.05, 3.63) is 23.8 Å². The van der Waals surface area contributed by atoms with Gasteiger partial charge in [0.2, 0.25) is 0 Å². The summed E-state index contributed by atoms with van der Waals surface area (Å²) in [7, 11) is 2.20. The summed E-state index contributed by atoms with van der Waals surface area (Å²) < 4.78 is 0. The first-order valence-corrected chi connectivity index (χ1v) is 6.49. The molecule has 2 heterocycles.